The largest absolute Gasteiger partial charge is 0.303 e. The Morgan fingerprint density at radius 1 is 1.00 bits per heavy atom. The number of fused-ring (bicyclic) bond motifs is 2. The zero-order chi connectivity index (χ0) is 24.3. The number of hydrogen-bond donors (Lipinski definition) is 0. The molecule has 0 bridgehead atoms. The molecular weight excluding hydrogens is 548 g/mol. The lowest BCUT2D eigenvalue weighted by atomic mass is 10.1. The van der Waals surface area contributed by atoms with E-state index in [4.69, 9.17) is 11.6 Å². The van der Waals surface area contributed by atoms with Crippen molar-refractivity contribution < 1.29 is 4.79 Å². The normalized spacial score (nSPS) is 14.7. The average molecular weight is 564 g/mol. The van der Waals surface area contributed by atoms with Gasteiger partial charge >= 0.3 is 0 Å². The number of thiazole rings is 1. The second-order valence-corrected chi connectivity index (χ2v) is 10.6. The molecule has 0 saturated carbocycles. The number of carbonyl (C=O) groups excluding carboxylic acids is 1. The van der Waals surface area contributed by atoms with Gasteiger partial charge in [0, 0.05) is 20.6 Å². The highest BCUT2D eigenvalue weighted by Crippen LogP contribution is 2.38. The number of amides is 1. The van der Waals surface area contributed by atoms with E-state index in [2.05, 4.69) is 26.0 Å². The summed E-state index contributed by atoms with van der Waals surface area (Å²) >= 11 is 10.7. The summed E-state index contributed by atoms with van der Waals surface area (Å²) < 4.78 is 2.44. The van der Waals surface area contributed by atoms with Crippen LogP contribution in [0.5, 0.6) is 0 Å². The molecule has 6 nitrogen and oxygen atoms in total. The number of carbonyl (C=O) groups is 1. The molecule has 3 heterocycles. The van der Waals surface area contributed by atoms with Gasteiger partial charge in [-0.25, -0.2) is 0 Å². The molecule has 1 aliphatic heterocycles. The van der Waals surface area contributed by atoms with Crippen molar-refractivity contribution in [2.45, 2.75) is 13.5 Å². The molecule has 0 atom stereocenters. The molecule has 172 valence electrons. The fraction of sp³-hybridized carbons (Fsp3) is 0.0769. The summed E-state index contributed by atoms with van der Waals surface area (Å²) in [4.78, 5) is 33.8. The maximum absolute atomic E-state index is 13.7. The predicted octanol–water partition coefficient (Wildman–Crippen LogP) is 5.01. The zero-order valence-corrected chi connectivity index (χ0v) is 21.5. The minimum absolute atomic E-state index is 0.228. The van der Waals surface area contributed by atoms with E-state index in [9.17, 15) is 9.59 Å². The molecule has 1 aliphatic rings. The third kappa shape index (κ3) is 3.78. The molecule has 0 N–H and O–H groups in total. The Balaban J connectivity index is 1.50. The lowest BCUT2D eigenvalue weighted by Gasteiger charge is -2.17. The summed E-state index contributed by atoms with van der Waals surface area (Å²) in [7, 11) is 0. The number of rotatable bonds is 3. The molecule has 1 amide bonds. The Kier molecular flexibility index (Phi) is 5.32. The molecule has 3 aromatic carbocycles. The summed E-state index contributed by atoms with van der Waals surface area (Å²) in [6.07, 6.45) is 0. The number of aromatic nitrogens is 3. The third-order valence-corrected chi connectivity index (χ3v) is 7.70. The van der Waals surface area contributed by atoms with Crippen LogP contribution in [0, 0.1) is 6.92 Å². The molecule has 2 aromatic heterocycles. The van der Waals surface area contributed by atoms with Gasteiger partial charge in [0.2, 0.25) is 4.96 Å². The number of anilines is 1. The summed E-state index contributed by atoms with van der Waals surface area (Å²) in [6.45, 7) is 2.37. The molecule has 0 aliphatic carbocycles. The van der Waals surface area contributed by atoms with Crippen molar-refractivity contribution in [1.29, 1.82) is 0 Å². The van der Waals surface area contributed by atoms with Crippen molar-refractivity contribution in [3.8, 4) is 11.4 Å². The predicted molar refractivity (Wildman–Crippen MR) is 142 cm³/mol. The minimum Gasteiger partial charge on any atom is -0.303 e. The maximum Gasteiger partial charge on any atom is 0.291 e. The van der Waals surface area contributed by atoms with Crippen molar-refractivity contribution in [3.63, 3.8) is 0 Å². The van der Waals surface area contributed by atoms with Crippen LogP contribution >= 0.6 is 38.9 Å². The van der Waals surface area contributed by atoms with Crippen molar-refractivity contribution >= 4 is 61.0 Å². The van der Waals surface area contributed by atoms with Gasteiger partial charge < -0.3 is 4.90 Å². The summed E-state index contributed by atoms with van der Waals surface area (Å²) in [5, 5.41) is 5.07. The van der Waals surface area contributed by atoms with Gasteiger partial charge in [-0.3, -0.25) is 9.59 Å². The Morgan fingerprint density at radius 3 is 2.46 bits per heavy atom. The van der Waals surface area contributed by atoms with Crippen LogP contribution < -0.4 is 15.0 Å². The molecule has 35 heavy (non-hydrogen) atoms. The van der Waals surface area contributed by atoms with E-state index < -0.39 is 0 Å². The quantitative estimate of drug-likeness (QED) is 0.310. The third-order valence-electron chi connectivity index (χ3n) is 5.93. The standard InChI is InChI=1S/C26H16BrClN4O2S/c1-14-2-6-16(7-3-14)23-29-26-32(30-23)25(34)22(35-26)21-19-12-17(27)8-11-20(19)31(24(21)33)13-15-4-9-18(28)10-5-15/h2-12H,13H2,1H3/b22-21-. The smallest absolute Gasteiger partial charge is 0.291 e. The summed E-state index contributed by atoms with van der Waals surface area (Å²) in [5.74, 6) is 0.253. The Hall–Kier alpha value is -3.33. The minimum atomic E-state index is -0.349. The molecule has 6 rings (SSSR count). The van der Waals surface area contributed by atoms with Crippen molar-refractivity contribution in [1.82, 2.24) is 14.6 Å². The van der Waals surface area contributed by atoms with Crippen LogP contribution in [0.15, 0.2) is 76.0 Å². The molecule has 9 heteroatoms. The van der Waals surface area contributed by atoms with Crippen LogP contribution in [0.1, 0.15) is 16.7 Å². The van der Waals surface area contributed by atoms with Gasteiger partial charge in [-0.15, -0.1) is 5.10 Å². The van der Waals surface area contributed by atoms with E-state index in [1.165, 1.54) is 15.9 Å². The molecule has 0 unspecified atom stereocenters. The fourth-order valence-electron chi connectivity index (χ4n) is 4.16. The Bertz CT molecular complexity index is 1740. The monoisotopic (exact) mass is 562 g/mol. The van der Waals surface area contributed by atoms with Gasteiger partial charge in [0.15, 0.2) is 5.82 Å². The van der Waals surface area contributed by atoms with Crippen LogP contribution in [0.2, 0.25) is 5.02 Å². The van der Waals surface area contributed by atoms with E-state index in [0.29, 0.717) is 38.0 Å². The number of benzene rings is 3. The number of hydrogen-bond acceptors (Lipinski definition) is 5. The summed E-state index contributed by atoms with van der Waals surface area (Å²) in [6, 6.07) is 20.8. The van der Waals surface area contributed by atoms with Crippen LogP contribution in [0.3, 0.4) is 0 Å². The van der Waals surface area contributed by atoms with Gasteiger partial charge in [0.25, 0.3) is 11.5 Å². The topological polar surface area (TPSA) is 67.6 Å². The second kappa shape index (κ2) is 8.41. The van der Waals surface area contributed by atoms with Crippen LogP contribution in [-0.2, 0) is 11.3 Å². The van der Waals surface area contributed by atoms with E-state index in [1.54, 1.807) is 17.0 Å². The van der Waals surface area contributed by atoms with Crippen molar-refractivity contribution in [2.24, 2.45) is 0 Å². The van der Waals surface area contributed by atoms with E-state index in [0.717, 1.165) is 26.9 Å². The SMILES string of the molecule is Cc1ccc(-c2nc3s/c(=C4\C(=O)N(Cc5ccc(Cl)cc5)c5ccc(Br)cc54)c(=O)n3n2)cc1. The molecule has 0 saturated heterocycles. The van der Waals surface area contributed by atoms with E-state index >= 15 is 0 Å². The highest BCUT2D eigenvalue weighted by atomic mass is 79.9. The summed E-state index contributed by atoms with van der Waals surface area (Å²) in [5.41, 5.74) is 4.38. The van der Waals surface area contributed by atoms with Gasteiger partial charge in [-0.1, -0.05) is 80.8 Å². The Labute approximate surface area is 217 Å². The average Bonchev–Trinajstić information content (AvgIpc) is 3.47. The van der Waals surface area contributed by atoms with E-state index in [1.807, 2.05) is 61.5 Å². The van der Waals surface area contributed by atoms with Gasteiger partial charge in [-0.2, -0.15) is 9.50 Å². The first-order valence-corrected chi connectivity index (χ1v) is 12.7. The molecule has 0 fully saturated rings. The maximum atomic E-state index is 13.7. The zero-order valence-electron chi connectivity index (χ0n) is 18.3. The lowest BCUT2D eigenvalue weighted by molar-refractivity contribution is -0.113. The van der Waals surface area contributed by atoms with Crippen LogP contribution in [0.25, 0.3) is 21.9 Å². The fourth-order valence-corrected chi connectivity index (χ4v) is 5.65. The first-order chi connectivity index (χ1) is 16.9. The van der Waals surface area contributed by atoms with Crippen LogP contribution in [0.4, 0.5) is 5.69 Å². The second-order valence-electron chi connectivity index (χ2n) is 8.29. The molecular formula is C26H16BrClN4O2S. The van der Waals surface area contributed by atoms with Crippen LogP contribution in [-0.4, -0.2) is 20.5 Å². The molecule has 5 aromatic rings. The lowest BCUT2D eigenvalue weighted by Crippen LogP contribution is -2.32. The first-order valence-electron chi connectivity index (χ1n) is 10.8. The van der Waals surface area contributed by atoms with Crippen molar-refractivity contribution in [2.75, 3.05) is 4.90 Å². The van der Waals surface area contributed by atoms with Gasteiger partial charge in [0.1, 0.15) is 4.53 Å². The highest BCUT2D eigenvalue weighted by Gasteiger charge is 2.34. The number of halogens is 2. The highest BCUT2D eigenvalue weighted by molar-refractivity contribution is 9.10. The van der Waals surface area contributed by atoms with Gasteiger partial charge in [-0.05, 0) is 42.8 Å². The van der Waals surface area contributed by atoms with Gasteiger partial charge in [0.05, 0.1) is 17.8 Å². The molecule has 0 spiro atoms. The Morgan fingerprint density at radius 2 is 1.74 bits per heavy atom. The first kappa shape index (κ1) is 22.2. The van der Waals surface area contributed by atoms with E-state index in [-0.39, 0.29) is 11.5 Å². The molecule has 0 radical (unpaired) electrons. The van der Waals surface area contributed by atoms with Crippen molar-refractivity contribution in [3.05, 3.63) is 108 Å². The number of nitrogens with zero attached hydrogens (tertiary/aromatic N) is 4. The number of aryl methyl sites for hydroxylation is 1.